The van der Waals surface area contributed by atoms with Gasteiger partial charge < -0.3 is 4.74 Å². The number of hydrogen-bond acceptors (Lipinski definition) is 4. The maximum atomic E-state index is 5.70. The molecule has 4 nitrogen and oxygen atoms in total. The summed E-state index contributed by atoms with van der Waals surface area (Å²) >= 11 is 5.00. The van der Waals surface area contributed by atoms with Gasteiger partial charge in [-0.1, -0.05) is 63.6 Å². The first-order valence-electron chi connectivity index (χ1n) is 7.21. The normalized spacial score (nSPS) is 10.7. The van der Waals surface area contributed by atoms with E-state index >= 15 is 0 Å². The molecule has 6 heteroatoms. The number of H-pyrrole nitrogens is 1. The molecule has 3 aromatic rings. The second-order valence-electron chi connectivity index (χ2n) is 4.99. The van der Waals surface area contributed by atoms with Crippen LogP contribution in [0, 0.1) is 6.92 Å². The van der Waals surface area contributed by atoms with Crippen molar-refractivity contribution in [3.05, 3.63) is 58.6 Å². The van der Waals surface area contributed by atoms with Gasteiger partial charge in [-0.15, -0.1) is 5.10 Å². The topological polar surface area (TPSA) is 50.8 Å². The molecular formula is C17H16BrN3OS. The molecule has 0 atom stereocenters. The molecule has 3 rings (SSSR count). The van der Waals surface area contributed by atoms with E-state index < -0.39 is 0 Å². The second-order valence-corrected chi connectivity index (χ2v) is 6.96. The van der Waals surface area contributed by atoms with Crippen LogP contribution < -0.4 is 4.74 Å². The first kappa shape index (κ1) is 16.1. The Morgan fingerprint density at radius 2 is 2.00 bits per heavy atom. The summed E-state index contributed by atoms with van der Waals surface area (Å²) in [4.78, 5) is 4.50. The molecule has 0 radical (unpaired) electrons. The summed E-state index contributed by atoms with van der Waals surface area (Å²) in [6, 6.07) is 16.0. The Bertz CT molecular complexity index is 774. The summed E-state index contributed by atoms with van der Waals surface area (Å²) in [6.07, 6.45) is 0. The summed E-state index contributed by atoms with van der Waals surface area (Å²) in [6.45, 7) is 2.67. The third kappa shape index (κ3) is 4.59. The van der Waals surface area contributed by atoms with Crippen molar-refractivity contribution < 1.29 is 4.74 Å². The number of thioether (sulfide) groups is 1. The van der Waals surface area contributed by atoms with E-state index in [2.05, 4.69) is 50.2 Å². The average Bonchev–Trinajstić information content (AvgIpc) is 3.01. The fraction of sp³-hybridized carbons (Fsp3) is 0.176. The Morgan fingerprint density at radius 1 is 1.17 bits per heavy atom. The fourth-order valence-corrected chi connectivity index (χ4v) is 2.99. The number of aryl methyl sites for hydroxylation is 1. The van der Waals surface area contributed by atoms with E-state index in [0.717, 1.165) is 32.5 Å². The Hall–Kier alpha value is -1.79. The molecule has 118 valence electrons. The van der Waals surface area contributed by atoms with Crippen LogP contribution in [0.5, 0.6) is 5.75 Å². The third-order valence-electron chi connectivity index (χ3n) is 3.17. The Morgan fingerprint density at radius 3 is 2.78 bits per heavy atom. The van der Waals surface area contributed by atoms with Gasteiger partial charge >= 0.3 is 0 Å². The summed E-state index contributed by atoms with van der Waals surface area (Å²) in [5, 5.41) is 7.95. The number of nitrogens with zero attached hydrogens (tertiary/aromatic N) is 2. The average molecular weight is 390 g/mol. The minimum absolute atomic E-state index is 0.607. The van der Waals surface area contributed by atoms with Gasteiger partial charge in [0.2, 0.25) is 5.16 Å². The Balaban J connectivity index is 1.50. The highest BCUT2D eigenvalue weighted by Crippen LogP contribution is 2.21. The minimum Gasteiger partial charge on any atom is -0.493 e. The summed E-state index contributed by atoms with van der Waals surface area (Å²) in [5.41, 5.74) is 2.27. The van der Waals surface area contributed by atoms with Gasteiger partial charge in [0.05, 0.1) is 6.61 Å². The molecule has 0 saturated carbocycles. The maximum absolute atomic E-state index is 5.70. The molecule has 0 aliphatic rings. The zero-order valence-corrected chi connectivity index (χ0v) is 15.0. The van der Waals surface area contributed by atoms with Gasteiger partial charge in [-0.2, -0.15) is 0 Å². The van der Waals surface area contributed by atoms with Gasteiger partial charge in [0.15, 0.2) is 5.82 Å². The van der Waals surface area contributed by atoms with E-state index in [9.17, 15) is 0 Å². The zero-order valence-electron chi connectivity index (χ0n) is 12.6. The van der Waals surface area contributed by atoms with E-state index in [1.165, 1.54) is 5.56 Å². The maximum Gasteiger partial charge on any atom is 0.208 e. The van der Waals surface area contributed by atoms with Crippen molar-refractivity contribution in [2.24, 2.45) is 0 Å². The number of aromatic amines is 1. The van der Waals surface area contributed by atoms with Crippen LogP contribution in [-0.2, 0) is 0 Å². The lowest BCUT2D eigenvalue weighted by Crippen LogP contribution is -2.00. The van der Waals surface area contributed by atoms with E-state index in [-0.39, 0.29) is 0 Å². The quantitative estimate of drug-likeness (QED) is 0.489. The monoisotopic (exact) mass is 389 g/mol. The molecule has 0 amide bonds. The highest BCUT2D eigenvalue weighted by Gasteiger charge is 2.06. The number of rotatable bonds is 6. The van der Waals surface area contributed by atoms with Crippen LogP contribution in [0.25, 0.3) is 11.4 Å². The molecule has 1 N–H and O–H groups in total. The van der Waals surface area contributed by atoms with E-state index in [0.29, 0.717) is 6.61 Å². The predicted octanol–water partition coefficient (Wildman–Crippen LogP) is 4.71. The van der Waals surface area contributed by atoms with Crippen LogP contribution in [0.15, 0.2) is 58.2 Å². The number of aromatic nitrogens is 3. The number of ether oxygens (including phenoxy) is 1. The molecule has 0 aliphatic heterocycles. The van der Waals surface area contributed by atoms with Crippen LogP contribution in [0.4, 0.5) is 0 Å². The molecule has 1 heterocycles. The van der Waals surface area contributed by atoms with Crippen molar-refractivity contribution in [3.8, 4) is 17.1 Å². The first-order chi connectivity index (χ1) is 11.2. The van der Waals surface area contributed by atoms with Gasteiger partial charge in [-0.25, -0.2) is 4.98 Å². The molecule has 23 heavy (non-hydrogen) atoms. The van der Waals surface area contributed by atoms with E-state index in [1.54, 1.807) is 11.8 Å². The largest absolute Gasteiger partial charge is 0.493 e. The van der Waals surface area contributed by atoms with Crippen molar-refractivity contribution in [1.82, 2.24) is 15.2 Å². The molecule has 0 aliphatic carbocycles. The summed E-state index contributed by atoms with van der Waals surface area (Å²) in [5.74, 6) is 2.44. The number of hydrogen-bond donors (Lipinski definition) is 1. The van der Waals surface area contributed by atoms with Crippen LogP contribution >= 0.6 is 27.7 Å². The van der Waals surface area contributed by atoms with Gasteiger partial charge in [0.1, 0.15) is 5.75 Å². The van der Waals surface area contributed by atoms with Crippen molar-refractivity contribution in [2.45, 2.75) is 12.1 Å². The SMILES string of the molecule is Cc1ccc(-c2nc(SCCOc3cccc(Br)c3)n[nH]2)cc1. The van der Waals surface area contributed by atoms with E-state index in [1.807, 2.05) is 36.4 Å². The van der Waals surface area contributed by atoms with Crippen molar-refractivity contribution in [3.63, 3.8) is 0 Å². The van der Waals surface area contributed by atoms with Crippen molar-refractivity contribution in [2.75, 3.05) is 12.4 Å². The zero-order chi connectivity index (χ0) is 16.1. The fourth-order valence-electron chi connectivity index (χ4n) is 2.00. The molecule has 0 spiro atoms. The minimum atomic E-state index is 0.607. The molecule has 0 unspecified atom stereocenters. The molecule has 0 saturated heterocycles. The number of benzene rings is 2. The van der Waals surface area contributed by atoms with Crippen molar-refractivity contribution >= 4 is 27.7 Å². The summed E-state index contributed by atoms with van der Waals surface area (Å²) < 4.78 is 6.71. The van der Waals surface area contributed by atoms with Gasteiger partial charge in [-0.05, 0) is 25.1 Å². The molecular weight excluding hydrogens is 374 g/mol. The van der Waals surface area contributed by atoms with Crippen molar-refractivity contribution in [1.29, 1.82) is 0 Å². The summed E-state index contributed by atoms with van der Waals surface area (Å²) in [7, 11) is 0. The van der Waals surface area contributed by atoms with Crippen LogP contribution in [-0.4, -0.2) is 27.5 Å². The van der Waals surface area contributed by atoms with Gasteiger partial charge in [-0.3, -0.25) is 5.10 Å². The Labute approximate surface area is 147 Å². The standard InChI is InChI=1S/C17H16BrN3OS/c1-12-5-7-13(8-6-12)16-19-17(21-20-16)23-10-9-22-15-4-2-3-14(18)11-15/h2-8,11H,9-10H2,1H3,(H,19,20,21). The predicted molar refractivity (Wildman–Crippen MR) is 96.9 cm³/mol. The highest BCUT2D eigenvalue weighted by molar-refractivity contribution is 9.10. The number of nitrogens with one attached hydrogen (secondary N) is 1. The third-order valence-corrected chi connectivity index (χ3v) is 4.47. The molecule has 0 bridgehead atoms. The Kier molecular flexibility index (Phi) is 5.35. The van der Waals surface area contributed by atoms with Crippen LogP contribution in [0.1, 0.15) is 5.56 Å². The highest BCUT2D eigenvalue weighted by atomic mass is 79.9. The molecule has 0 fully saturated rings. The van der Waals surface area contributed by atoms with Gasteiger partial charge in [0, 0.05) is 15.8 Å². The lowest BCUT2D eigenvalue weighted by Gasteiger charge is -2.04. The second kappa shape index (κ2) is 7.66. The van der Waals surface area contributed by atoms with Gasteiger partial charge in [0.25, 0.3) is 0 Å². The molecule has 2 aromatic carbocycles. The number of halogens is 1. The molecule has 1 aromatic heterocycles. The lowest BCUT2D eigenvalue weighted by molar-refractivity contribution is 0.343. The lowest BCUT2D eigenvalue weighted by atomic mass is 10.1. The van der Waals surface area contributed by atoms with E-state index in [4.69, 9.17) is 4.74 Å². The first-order valence-corrected chi connectivity index (χ1v) is 8.99. The van der Waals surface area contributed by atoms with Crippen LogP contribution in [0.3, 0.4) is 0 Å². The smallest absolute Gasteiger partial charge is 0.208 e. The van der Waals surface area contributed by atoms with Crippen LogP contribution in [0.2, 0.25) is 0 Å².